The van der Waals surface area contributed by atoms with Crippen LogP contribution in [-0.4, -0.2) is 22.7 Å². The summed E-state index contributed by atoms with van der Waals surface area (Å²) in [7, 11) is 0. The molecule has 0 aliphatic carbocycles. The number of hydrogen-bond acceptors (Lipinski definition) is 4. The topological polar surface area (TPSA) is 59.4 Å². The monoisotopic (exact) mass is 213 g/mol. The first-order valence-electron chi connectivity index (χ1n) is 4.53. The Hall–Kier alpha value is -0.940. The van der Waals surface area contributed by atoms with Crippen molar-refractivity contribution in [2.24, 2.45) is 0 Å². The van der Waals surface area contributed by atoms with E-state index in [4.69, 9.17) is 9.84 Å². The summed E-state index contributed by atoms with van der Waals surface area (Å²) in [6.07, 6.45) is 4.00. The van der Waals surface area contributed by atoms with Gasteiger partial charge in [-0.15, -0.1) is 11.3 Å². The average molecular weight is 213 g/mol. The van der Waals surface area contributed by atoms with Gasteiger partial charge in [-0.3, -0.25) is 4.79 Å². The van der Waals surface area contributed by atoms with Crippen molar-refractivity contribution in [3.8, 4) is 0 Å². The molecular formula is C9H11NO3S. The third kappa shape index (κ3) is 2.10. The van der Waals surface area contributed by atoms with E-state index in [-0.39, 0.29) is 12.5 Å². The number of aromatic nitrogens is 1. The fourth-order valence-corrected chi connectivity index (χ4v) is 2.48. The highest BCUT2D eigenvalue weighted by atomic mass is 32.1. The second-order valence-electron chi connectivity index (χ2n) is 3.23. The molecule has 0 radical (unpaired) electrons. The number of carbonyl (C=O) groups is 1. The van der Waals surface area contributed by atoms with Crippen LogP contribution >= 0.6 is 11.3 Å². The first-order valence-corrected chi connectivity index (χ1v) is 5.35. The molecule has 1 fully saturated rings. The van der Waals surface area contributed by atoms with Gasteiger partial charge in [0, 0.05) is 12.8 Å². The van der Waals surface area contributed by atoms with Crippen LogP contribution in [0.4, 0.5) is 0 Å². The molecule has 76 valence electrons. The molecule has 1 atom stereocenters. The molecule has 0 amide bonds. The lowest BCUT2D eigenvalue weighted by atomic mass is 10.2. The summed E-state index contributed by atoms with van der Waals surface area (Å²) in [6.45, 7) is 0.802. The molecule has 0 aromatic carbocycles. The van der Waals surface area contributed by atoms with E-state index in [0.717, 1.165) is 24.3 Å². The van der Waals surface area contributed by atoms with Crippen molar-refractivity contribution in [2.75, 3.05) is 6.61 Å². The zero-order valence-corrected chi connectivity index (χ0v) is 8.42. The third-order valence-electron chi connectivity index (χ3n) is 2.12. The zero-order chi connectivity index (χ0) is 9.97. The minimum atomic E-state index is -0.835. The molecule has 4 nitrogen and oxygen atoms in total. The molecule has 0 spiro atoms. The molecule has 1 saturated heterocycles. The number of rotatable bonds is 3. The van der Waals surface area contributed by atoms with Crippen LogP contribution in [0.25, 0.3) is 0 Å². The fraction of sp³-hybridized carbons (Fsp3) is 0.556. The molecule has 1 N–H and O–H groups in total. The Morgan fingerprint density at radius 1 is 1.79 bits per heavy atom. The highest BCUT2D eigenvalue weighted by Crippen LogP contribution is 2.32. The summed E-state index contributed by atoms with van der Waals surface area (Å²) < 4.78 is 5.48. The van der Waals surface area contributed by atoms with Gasteiger partial charge in [-0.2, -0.15) is 0 Å². The number of aliphatic carboxylic acids is 1. The first-order chi connectivity index (χ1) is 6.75. The van der Waals surface area contributed by atoms with Gasteiger partial charge in [0.25, 0.3) is 0 Å². The van der Waals surface area contributed by atoms with Gasteiger partial charge in [-0.1, -0.05) is 0 Å². The van der Waals surface area contributed by atoms with Crippen molar-refractivity contribution >= 4 is 17.3 Å². The van der Waals surface area contributed by atoms with Gasteiger partial charge < -0.3 is 9.84 Å². The van der Waals surface area contributed by atoms with Gasteiger partial charge in [0.2, 0.25) is 0 Å². The van der Waals surface area contributed by atoms with Gasteiger partial charge in [-0.05, 0) is 12.8 Å². The Bertz CT molecular complexity index is 331. The molecule has 5 heteroatoms. The van der Waals surface area contributed by atoms with Crippen LogP contribution < -0.4 is 0 Å². The lowest BCUT2D eigenvalue weighted by Gasteiger charge is -2.03. The normalized spacial score (nSPS) is 21.3. The number of thiazole rings is 1. The molecule has 1 aromatic heterocycles. The van der Waals surface area contributed by atoms with E-state index in [1.54, 1.807) is 6.20 Å². The predicted octanol–water partition coefficient (Wildman–Crippen LogP) is 1.62. The smallest absolute Gasteiger partial charge is 0.310 e. The summed E-state index contributed by atoms with van der Waals surface area (Å²) in [5.41, 5.74) is 0. The van der Waals surface area contributed by atoms with Gasteiger partial charge in [-0.25, -0.2) is 4.98 Å². The number of ether oxygens (including phenoxy) is 1. The average Bonchev–Trinajstić information content (AvgIpc) is 2.69. The fourth-order valence-electron chi connectivity index (χ4n) is 1.49. The highest BCUT2D eigenvalue weighted by molar-refractivity contribution is 7.11. The minimum absolute atomic E-state index is 0.0113. The maximum absolute atomic E-state index is 10.4. The van der Waals surface area contributed by atoms with Gasteiger partial charge in [0.05, 0.1) is 17.4 Å². The van der Waals surface area contributed by atoms with Crippen LogP contribution in [0.3, 0.4) is 0 Å². The van der Waals surface area contributed by atoms with Crippen LogP contribution in [0.1, 0.15) is 28.8 Å². The van der Waals surface area contributed by atoms with Crippen molar-refractivity contribution < 1.29 is 14.6 Å². The molecule has 1 unspecified atom stereocenters. The largest absolute Gasteiger partial charge is 0.481 e. The van der Waals surface area contributed by atoms with E-state index >= 15 is 0 Å². The van der Waals surface area contributed by atoms with Crippen molar-refractivity contribution in [1.29, 1.82) is 0 Å². The van der Waals surface area contributed by atoms with Crippen molar-refractivity contribution in [2.45, 2.75) is 25.4 Å². The van der Waals surface area contributed by atoms with E-state index in [2.05, 4.69) is 4.98 Å². The molecule has 0 bridgehead atoms. The van der Waals surface area contributed by atoms with Crippen molar-refractivity contribution in [3.05, 3.63) is 16.1 Å². The van der Waals surface area contributed by atoms with Crippen molar-refractivity contribution in [1.82, 2.24) is 4.98 Å². The van der Waals surface area contributed by atoms with Crippen LogP contribution in [0.2, 0.25) is 0 Å². The number of nitrogens with zero attached hydrogens (tertiary/aromatic N) is 1. The number of carboxylic acid groups (broad SMARTS) is 1. The number of carboxylic acids is 1. The summed E-state index contributed by atoms with van der Waals surface area (Å²) in [5.74, 6) is -0.835. The lowest BCUT2D eigenvalue weighted by Crippen LogP contribution is -1.98. The molecule has 14 heavy (non-hydrogen) atoms. The van der Waals surface area contributed by atoms with Crippen LogP contribution in [0, 0.1) is 0 Å². The van der Waals surface area contributed by atoms with E-state index in [1.165, 1.54) is 11.3 Å². The lowest BCUT2D eigenvalue weighted by molar-refractivity contribution is -0.136. The Balaban J connectivity index is 2.05. The molecule has 2 heterocycles. The van der Waals surface area contributed by atoms with Crippen LogP contribution in [0.5, 0.6) is 0 Å². The number of hydrogen-bond donors (Lipinski definition) is 1. The van der Waals surface area contributed by atoms with Crippen LogP contribution in [0.15, 0.2) is 6.20 Å². The molecule has 1 aliphatic heterocycles. The Morgan fingerprint density at radius 3 is 3.29 bits per heavy atom. The van der Waals surface area contributed by atoms with Gasteiger partial charge >= 0.3 is 5.97 Å². The maximum Gasteiger partial charge on any atom is 0.310 e. The summed E-state index contributed by atoms with van der Waals surface area (Å²) in [4.78, 5) is 15.5. The zero-order valence-electron chi connectivity index (χ0n) is 7.60. The quantitative estimate of drug-likeness (QED) is 0.828. The molecule has 2 rings (SSSR count). The minimum Gasteiger partial charge on any atom is -0.481 e. The third-order valence-corrected chi connectivity index (χ3v) is 3.21. The van der Waals surface area contributed by atoms with E-state index in [9.17, 15) is 4.79 Å². The standard InChI is InChI=1S/C9H11NO3S/c11-9(12)4-8-10-5-7(14-8)6-2-1-3-13-6/h5-6H,1-4H2,(H,11,12). The Labute approximate surface area is 85.5 Å². The molecule has 0 saturated carbocycles. The van der Waals surface area contributed by atoms with Crippen molar-refractivity contribution in [3.63, 3.8) is 0 Å². The van der Waals surface area contributed by atoms with Crippen LogP contribution in [-0.2, 0) is 16.0 Å². The summed E-state index contributed by atoms with van der Waals surface area (Å²) >= 11 is 1.44. The molecule has 1 aliphatic rings. The van der Waals surface area contributed by atoms with Gasteiger partial charge in [0.1, 0.15) is 5.01 Å². The predicted molar refractivity (Wildman–Crippen MR) is 51.4 cm³/mol. The van der Waals surface area contributed by atoms with E-state index < -0.39 is 5.97 Å². The SMILES string of the molecule is O=C(O)Cc1ncc(C2CCCO2)s1. The summed E-state index contributed by atoms with van der Waals surface area (Å²) in [6, 6.07) is 0. The maximum atomic E-state index is 10.4. The van der Waals surface area contributed by atoms with E-state index in [0.29, 0.717) is 5.01 Å². The van der Waals surface area contributed by atoms with E-state index in [1.807, 2.05) is 0 Å². The van der Waals surface area contributed by atoms with Gasteiger partial charge in [0.15, 0.2) is 0 Å². The first kappa shape index (κ1) is 9.61. The Kier molecular flexibility index (Phi) is 2.79. The second-order valence-corrected chi connectivity index (χ2v) is 4.38. The Morgan fingerprint density at radius 2 is 2.64 bits per heavy atom. The highest BCUT2D eigenvalue weighted by Gasteiger charge is 2.20. The summed E-state index contributed by atoms with van der Waals surface area (Å²) in [5, 5.41) is 9.23. The second kappa shape index (κ2) is 4.06. The molecular weight excluding hydrogens is 202 g/mol. The molecule has 1 aromatic rings.